The minimum atomic E-state index is -3.42. The highest BCUT2D eigenvalue weighted by atomic mass is 32.2. The Morgan fingerprint density at radius 3 is 2.05 bits per heavy atom. The van der Waals surface area contributed by atoms with E-state index in [0.29, 0.717) is 6.42 Å². The normalized spacial score (nSPS) is 13.8. The molecular weight excluding hydrogens is 274 g/mol. The number of aromatic amines is 1. The highest BCUT2D eigenvalue weighted by Crippen LogP contribution is 2.31. The van der Waals surface area contributed by atoms with Crippen LogP contribution in [0, 0.1) is 0 Å². The van der Waals surface area contributed by atoms with E-state index in [1.807, 2.05) is 0 Å². The van der Waals surface area contributed by atoms with E-state index in [4.69, 9.17) is 0 Å². The molecule has 1 aromatic heterocycles. The van der Waals surface area contributed by atoms with E-state index in [0.717, 1.165) is 17.0 Å². The van der Waals surface area contributed by atoms with Crippen LogP contribution in [0.1, 0.15) is 58.5 Å². The molecule has 0 atom stereocenters. The molecule has 1 N–H and O–H groups in total. The Hall–Kier alpha value is -0.810. The molecule has 0 bridgehead atoms. The van der Waals surface area contributed by atoms with Crippen molar-refractivity contribution in [3.63, 3.8) is 0 Å². The van der Waals surface area contributed by atoms with E-state index in [9.17, 15) is 8.42 Å². The number of aromatic nitrogens is 1. The van der Waals surface area contributed by atoms with Crippen molar-refractivity contribution >= 4 is 10.1 Å². The molecule has 0 unspecified atom stereocenters. The molecule has 1 rings (SSSR count). The van der Waals surface area contributed by atoms with Crippen LogP contribution in [-0.2, 0) is 31.6 Å². The Bertz CT molecular complexity index is 557. The lowest BCUT2D eigenvalue weighted by atomic mass is 9.89. The molecule has 0 aliphatic rings. The molecule has 116 valence electrons. The summed E-state index contributed by atoms with van der Waals surface area (Å²) >= 11 is 0. The summed E-state index contributed by atoms with van der Waals surface area (Å²) in [4.78, 5) is 3.48. The van der Waals surface area contributed by atoms with Crippen LogP contribution >= 0.6 is 0 Å². The van der Waals surface area contributed by atoms with Gasteiger partial charge in [0, 0.05) is 22.2 Å². The summed E-state index contributed by atoms with van der Waals surface area (Å²) in [6.07, 6.45) is 0.468. The van der Waals surface area contributed by atoms with Gasteiger partial charge >= 0.3 is 0 Å². The average Bonchev–Trinajstić information content (AvgIpc) is 2.70. The number of hydrogen-bond donors (Lipinski definition) is 1. The Morgan fingerprint density at radius 2 is 1.65 bits per heavy atom. The molecule has 0 amide bonds. The lowest BCUT2D eigenvalue weighted by Crippen LogP contribution is -2.17. The van der Waals surface area contributed by atoms with Gasteiger partial charge in [-0.2, -0.15) is 8.42 Å². The lowest BCUT2D eigenvalue weighted by Gasteiger charge is -2.20. The first-order chi connectivity index (χ1) is 8.87. The SMILES string of the molecule is COS(=O)(=O)CCc1cc(C(C)(C)C)[nH]c1C(C)(C)C. The summed E-state index contributed by atoms with van der Waals surface area (Å²) in [5, 5.41) is 0. The topological polar surface area (TPSA) is 59.2 Å². The Balaban J connectivity index is 3.14. The standard InChI is InChI=1S/C15H27NO3S/c1-14(2,3)12-10-11(8-9-20(17,18)19-7)13(16-12)15(4,5)6/h10,16H,8-9H2,1-7H3. The van der Waals surface area contributed by atoms with Crippen LogP contribution in [0.15, 0.2) is 6.07 Å². The number of rotatable bonds is 4. The van der Waals surface area contributed by atoms with Gasteiger partial charge in [-0.1, -0.05) is 41.5 Å². The summed E-state index contributed by atoms with van der Waals surface area (Å²) in [5.41, 5.74) is 3.26. The quantitative estimate of drug-likeness (QED) is 0.869. The molecule has 20 heavy (non-hydrogen) atoms. The van der Waals surface area contributed by atoms with E-state index in [1.54, 1.807) is 0 Å². The van der Waals surface area contributed by atoms with Gasteiger partial charge in [0.25, 0.3) is 10.1 Å². The molecule has 4 nitrogen and oxygen atoms in total. The van der Waals surface area contributed by atoms with Crippen LogP contribution in [0.4, 0.5) is 0 Å². The minimum absolute atomic E-state index is 0.00795. The van der Waals surface area contributed by atoms with E-state index < -0.39 is 10.1 Å². The van der Waals surface area contributed by atoms with Gasteiger partial charge in [-0.05, 0) is 18.1 Å². The zero-order valence-electron chi connectivity index (χ0n) is 13.6. The summed E-state index contributed by atoms with van der Waals surface area (Å²) < 4.78 is 27.5. The molecule has 0 fully saturated rings. The Kier molecular flexibility index (Phi) is 4.76. The van der Waals surface area contributed by atoms with Crippen LogP contribution in [0.25, 0.3) is 0 Å². The van der Waals surface area contributed by atoms with Crippen LogP contribution < -0.4 is 0 Å². The van der Waals surface area contributed by atoms with Crippen LogP contribution in [0.2, 0.25) is 0 Å². The third-order valence-electron chi connectivity index (χ3n) is 3.33. The predicted molar refractivity (Wildman–Crippen MR) is 82.7 cm³/mol. The second kappa shape index (κ2) is 5.53. The van der Waals surface area contributed by atoms with Gasteiger partial charge in [-0.25, -0.2) is 0 Å². The third-order valence-corrected chi connectivity index (χ3v) is 4.54. The first kappa shape index (κ1) is 17.2. The highest BCUT2D eigenvalue weighted by molar-refractivity contribution is 7.86. The summed E-state index contributed by atoms with van der Waals surface area (Å²) in [5.74, 6) is 0.00795. The van der Waals surface area contributed by atoms with Gasteiger partial charge in [0.2, 0.25) is 0 Å². The predicted octanol–water partition coefficient (Wildman–Crippen LogP) is 3.13. The summed E-state index contributed by atoms with van der Waals surface area (Å²) in [6, 6.07) is 2.09. The maximum Gasteiger partial charge on any atom is 0.267 e. The van der Waals surface area contributed by atoms with Gasteiger partial charge in [0.05, 0.1) is 12.9 Å². The third kappa shape index (κ3) is 4.35. The zero-order valence-corrected chi connectivity index (χ0v) is 14.4. The molecule has 0 saturated heterocycles. The van der Waals surface area contributed by atoms with Crippen molar-refractivity contribution < 1.29 is 12.6 Å². The van der Waals surface area contributed by atoms with E-state index in [-0.39, 0.29) is 16.6 Å². The van der Waals surface area contributed by atoms with Gasteiger partial charge in [0.1, 0.15) is 0 Å². The fourth-order valence-corrected chi connectivity index (χ4v) is 2.72. The molecule has 0 spiro atoms. The maximum atomic E-state index is 11.5. The van der Waals surface area contributed by atoms with Gasteiger partial charge in [-0.3, -0.25) is 4.18 Å². The van der Waals surface area contributed by atoms with Crippen molar-refractivity contribution in [2.75, 3.05) is 12.9 Å². The molecule has 1 aromatic rings. The van der Waals surface area contributed by atoms with Crippen LogP contribution in [0.5, 0.6) is 0 Å². The lowest BCUT2D eigenvalue weighted by molar-refractivity contribution is 0.397. The average molecular weight is 301 g/mol. The molecule has 0 aliphatic carbocycles. The van der Waals surface area contributed by atoms with E-state index in [2.05, 4.69) is 56.8 Å². The Morgan fingerprint density at radius 1 is 1.10 bits per heavy atom. The fraction of sp³-hybridized carbons (Fsp3) is 0.733. The number of H-pyrrole nitrogens is 1. The molecule has 0 saturated carbocycles. The van der Waals surface area contributed by atoms with Gasteiger partial charge in [0.15, 0.2) is 0 Å². The molecule has 5 heteroatoms. The van der Waals surface area contributed by atoms with Crippen molar-refractivity contribution in [3.05, 3.63) is 23.0 Å². The molecule has 1 heterocycles. The zero-order chi connectivity index (χ0) is 15.8. The van der Waals surface area contributed by atoms with Crippen molar-refractivity contribution in [1.29, 1.82) is 0 Å². The van der Waals surface area contributed by atoms with Crippen molar-refractivity contribution in [2.24, 2.45) is 0 Å². The maximum absolute atomic E-state index is 11.5. The molecule has 0 aliphatic heterocycles. The second-order valence-electron chi connectivity index (χ2n) is 7.26. The number of nitrogens with one attached hydrogen (secondary N) is 1. The molecule has 0 aromatic carbocycles. The number of aryl methyl sites for hydroxylation is 1. The second-order valence-corrected chi connectivity index (χ2v) is 9.12. The van der Waals surface area contributed by atoms with Gasteiger partial charge in [-0.15, -0.1) is 0 Å². The fourth-order valence-electron chi connectivity index (χ4n) is 2.09. The first-order valence-electron chi connectivity index (χ1n) is 6.88. The van der Waals surface area contributed by atoms with Crippen molar-refractivity contribution in [1.82, 2.24) is 4.98 Å². The first-order valence-corrected chi connectivity index (χ1v) is 8.46. The van der Waals surface area contributed by atoms with Crippen molar-refractivity contribution in [2.45, 2.75) is 58.8 Å². The van der Waals surface area contributed by atoms with E-state index >= 15 is 0 Å². The van der Waals surface area contributed by atoms with Crippen LogP contribution in [0.3, 0.4) is 0 Å². The summed E-state index contributed by atoms with van der Waals surface area (Å²) in [6.45, 7) is 12.8. The molecule has 0 radical (unpaired) electrons. The molecular formula is C15H27NO3S. The number of hydrogen-bond acceptors (Lipinski definition) is 3. The van der Waals surface area contributed by atoms with Gasteiger partial charge < -0.3 is 4.98 Å². The monoisotopic (exact) mass is 301 g/mol. The van der Waals surface area contributed by atoms with E-state index in [1.165, 1.54) is 7.11 Å². The Labute approximate surface area is 123 Å². The smallest absolute Gasteiger partial charge is 0.267 e. The largest absolute Gasteiger partial charge is 0.361 e. The minimum Gasteiger partial charge on any atom is -0.361 e. The summed E-state index contributed by atoms with van der Waals surface area (Å²) in [7, 11) is -2.21. The van der Waals surface area contributed by atoms with Crippen molar-refractivity contribution in [3.8, 4) is 0 Å². The van der Waals surface area contributed by atoms with Crippen LogP contribution in [-0.4, -0.2) is 26.3 Å². The highest BCUT2D eigenvalue weighted by Gasteiger charge is 2.25.